The van der Waals surface area contributed by atoms with Gasteiger partial charge in [0.2, 0.25) is 0 Å². The van der Waals surface area contributed by atoms with Crippen LogP contribution >= 0.6 is 46.9 Å². The van der Waals surface area contributed by atoms with E-state index in [2.05, 4.69) is 166 Å². The van der Waals surface area contributed by atoms with Crippen LogP contribution in [-0.4, -0.2) is 155 Å². The predicted molar refractivity (Wildman–Crippen MR) is 387 cm³/mol. The Morgan fingerprint density at radius 1 is 0.571 bits per heavy atom. The minimum Gasteiger partial charge on any atom is -0.463 e. The second kappa shape index (κ2) is 57.6. The van der Waals surface area contributed by atoms with Gasteiger partial charge in [-0.15, -0.1) is 35.3 Å². The molecule has 2 aromatic carbocycles. The van der Waals surface area contributed by atoms with Crippen LogP contribution in [0, 0.1) is 17.8 Å². The monoisotopic (exact) mass is 1350 g/mol. The summed E-state index contributed by atoms with van der Waals surface area (Å²) in [5, 5.41) is 0.766. The van der Waals surface area contributed by atoms with Gasteiger partial charge < -0.3 is 52.1 Å². The highest BCUT2D eigenvalue weighted by Gasteiger charge is 2.26. The summed E-state index contributed by atoms with van der Waals surface area (Å²) in [6.07, 6.45) is 15.7. The molecule has 5 unspecified atom stereocenters. The first-order valence-electron chi connectivity index (χ1n) is 33.3. The van der Waals surface area contributed by atoms with Crippen LogP contribution in [0.5, 0.6) is 0 Å². The van der Waals surface area contributed by atoms with Gasteiger partial charge in [-0.1, -0.05) is 103 Å². The fraction of sp³-hybridized carbons (Fsp3) is 0.703. The third kappa shape index (κ3) is 61.9. The number of benzene rings is 2. The van der Waals surface area contributed by atoms with Crippen molar-refractivity contribution in [3.8, 4) is 0 Å². The van der Waals surface area contributed by atoms with E-state index in [1.807, 2.05) is 81.6 Å². The van der Waals surface area contributed by atoms with Crippen LogP contribution in [0.15, 0.2) is 112 Å². The van der Waals surface area contributed by atoms with Crippen LogP contribution in [0.1, 0.15) is 178 Å². The third-order valence-corrected chi connectivity index (χ3v) is 15.6. The molecule has 4 rings (SSSR count). The second-order valence-electron chi connectivity index (χ2n) is 25.3. The molecule has 2 aromatic rings. The maximum absolute atomic E-state index is 10.9. The molecular formula is C74H127ClO13S3. The maximum atomic E-state index is 10.9. The lowest BCUT2D eigenvalue weighted by Crippen LogP contribution is -2.28. The van der Waals surface area contributed by atoms with Crippen molar-refractivity contribution < 1.29 is 61.7 Å². The first-order chi connectivity index (χ1) is 42.9. The maximum Gasteiger partial charge on any atom is 0.333 e. The van der Waals surface area contributed by atoms with Crippen molar-refractivity contribution in [2.75, 3.05) is 70.1 Å². The molecule has 0 bridgehead atoms. The summed E-state index contributed by atoms with van der Waals surface area (Å²) in [4.78, 5) is 25.2. The van der Waals surface area contributed by atoms with Crippen molar-refractivity contribution in [2.24, 2.45) is 17.8 Å². The Balaban J connectivity index is 0. The Morgan fingerprint density at radius 3 is 1.35 bits per heavy atom. The van der Waals surface area contributed by atoms with E-state index in [4.69, 9.17) is 63.7 Å². The van der Waals surface area contributed by atoms with Crippen molar-refractivity contribution >= 4 is 58.8 Å². The normalized spacial score (nSPS) is 14.6. The van der Waals surface area contributed by atoms with E-state index >= 15 is 0 Å². The Bertz CT molecular complexity index is 2120. The van der Waals surface area contributed by atoms with Crippen LogP contribution in [0.4, 0.5) is 0 Å². The zero-order chi connectivity index (χ0) is 69.1. The molecule has 5 atom stereocenters. The summed E-state index contributed by atoms with van der Waals surface area (Å²) in [5.74, 6) is 4.01. The summed E-state index contributed by atoms with van der Waals surface area (Å²) in [5.41, 5.74) is 0.472. The molecule has 1 saturated heterocycles. The van der Waals surface area contributed by atoms with Gasteiger partial charge in [-0.2, -0.15) is 0 Å². The quantitative estimate of drug-likeness (QED) is 0.0205. The van der Waals surface area contributed by atoms with Gasteiger partial charge in [0, 0.05) is 48.6 Å². The number of ether oxygens (including phenoxy) is 11. The molecule has 1 fully saturated rings. The molecule has 0 radical (unpaired) electrons. The number of hydrogen-bond acceptors (Lipinski definition) is 16. The van der Waals surface area contributed by atoms with Crippen molar-refractivity contribution in [3.05, 3.63) is 108 Å². The van der Waals surface area contributed by atoms with E-state index in [0.717, 1.165) is 61.0 Å². The van der Waals surface area contributed by atoms with Gasteiger partial charge in [0.15, 0.2) is 0 Å². The Labute approximate surface area is 573 Å². The zero-order valence-corrected chi connectivity index (χ0v) is 63.5. The molecule has 0 aromatic heterocycles. The number of epoxide rings is 1. The Kier molecular flexibility index (Phi) is 57.2. The average molecular weight is 1360 g/mol. The first kappa shape index (κ1) is 90.4. The third-order valence-electron chi connectivity index (χ3n) is 11.9. The minimum absolute atomic E-state index is 0.114. The summed E-state index contributed by atoms with van der Waals surface area (Å²) in [6, 6.07) is 18.3. The number of thioether (sulfide) groups is 3. The molecule has 1 heterocycles. The number of carbonyl (C=O) groups excluding carboxylic acids is 2. The highest BCUT2D eigenvalue weighted by Crippen LogP contribution is 2.26. The fourth-order valence-electron chi connectivity index (χ4n) is 7.21. The lowest BCUT2D eigenvalue weighted by atomic mass is 10.1. The first-order valence-corrected chi connectivity index (χ1v) is 36.6. The number of halogens is 1. The van der Waals surface area contributed by atoms with Crippen molar-refractivity contribution in [2.45, 2.75) is 261 Å². The Hall–Kier alpha value is -2.68. The number of carbonyl (C=O) groups is 2. The van der Waals surface area contributed by atoms with E-state index in [0.29, 0.717) is 75.7 Å². The molecule has 1 aliphatic heterocycles. The molecule has 13 nitrogen and oxygen atoms in total. The molecule has 2 aliphatic rings. The van der Waals surface area contributed by atoms with E-state index < -0.39 is 0 Å². The molecule has 17 heteroatoms. The molecule has 0 N–H and O–H groups in total. The smallest absolute Gasteiger partial charge is 0.333 e. The van der Waals surface area contributed by atoms with Gasteiger partial charge in [0.25, 0.3) is 0 Å². The topological polar surface area (TPSA) is 139 Å². The summed E-state index contributed by atoms with van der Waals surface area (Å²) >= 11 is 11.3. The lowest BCUT2D eigenvalue weighted by Gasteiger charge is -2.22. The number of rotatable bonds is 41. The highest BCUT2D eigenvalue weighted by atomic mass is 35.5. The standard InChI is InChI=1S/C15H23ClO2S.C15H24O2S.C14H24O2S.C11H22O3.C10H18O2.C9H16O2/c1-11(2)17-9-14(18-12(3)4)10-19-15-7-5-13(16)6-8-15;1-12(2)16-10-14(17-13(3)4)11-18-15-8-6-5-7-9-15;1-11(2)15-9-13(16-12(3)4)10-17-14-7-5-6-8-14;1-8(2)11(7-12-9(3)4)14-6-10-5-13-10;1-8(2)6-5-7-12-10(11)9(3)4;1-4-9(10)11-7-5-6-8(2)3/h5-8,11-12,14H,9-10H2,1-4H3;5-9,12-14H,10-11H2,1-4H3;5,7-8,11-13H,6,9-10H2,1-4H3;8-11H,5-7H2,1-4H3;8H,3,5-7H2,1-2,4H3;4,8H,1,5-7H2,2-3H3. The lowest BCUT2D eigenvalue weighted by molar-refractivity contribution is -0.139. The van der Waals surface area contributed by atoms with E-state index in [9.17, 15) is 9.59 Å². The molecule has 0 spiro atoms. The van der Waals surface area contributed by atoms with Crippen molar-refractivity contribution in [3.63, 3.8) is 0 Å². The van der Waals surface area contributed by atoms with Gasteiger partial charge in [-0.3, -0.25) is 0 Å². The minimum atomic E-state index is -0.325. The molecule has 91 heavy (non-hydrogen) atoms. The van der Waals surface area contributed by atoms with Crippen molar-refractivity contribution in [1.82, 2.24) is 0 Å². The van der Waals surface area contributed by atoms with Crippen LogP contribution in [0.25, 0.3) is 0 Å². The van der Waals surface area contributed by atoms with E-state index in [1.165, 1.54) is 20.8 Å². The molecular weight excluding hydrogens is 1230 g/mol. The number of hydrogen-bond donors (Lipinski definition) is 0. The summed E-state index contributed by atoms with van der Waals surface area (Å²) in [6.45, 7) is 55.4. The van der Waals surface area contributed by atoms with Crippen LogP contribution in [-0.2, 0) is 61.7 Å². The summed E-state index contributed by atoms with van der Waals surface area (Å²) in [7, 11) is 0. The van der Waals surface area contributed by atoms with Crippen LogP contribution < -0.4 is 0 Å². The Morgan fingerprint density at radius 2 is 0.989 bits per heavy atom. The molecule has 0 amide bonds. The van der Waals surface area contributed by atoms with Gasteiger partial charge in [-0.05, 0) is 190 Å². The largest absolute Gasteiger partial charge is 0.463 e. The second-order valence-corrected chi connectivity index (χ2v) is 29.0. The SMILES string of the molecule is C=C(C)C(=O)OCCCC(C)C.C=CC(=O)OCCCC(C)C.CC(C)OCC(CSC1=CCC=C1)OC(C)C.CC(C)OCC(CSc1ccc(Cl)cc1)OC(C)C.CC(C)OCC(CSc1ccccc1)OC(C)C.CC(C)OCC(OCC1CO1)C(C)C. The summed E-state index contributed by atoms with van der Waals surface area (Å²) < 4.78 is 60.6. The average Bonchev–Trinajstić information content (AvgIpc) is 2.82. The molecule has 1 aliphatic carbocycles. The molecule has 526 valence electrons. The van der Waals surface area contributed by atoms with Gasteiger partial charge in [0.05, 0.1) is 120 Å². The van der Waals surface area contributed by atoms with E-state index in [1.54, 1.807) is 18.7 Å². The van der Waals surface area contributed by atoms with Crippen LogP contribution in [0.2, 0.25) is 5.02 Å². The predicted octanol–water partition coefficient (Wildman–Crippen LogP) is 19.0. The zero-order valence-electron chi connectivity index (χ0n) is 60.3. The highest BCUT2D eigenvalue weighted by molar-refractivity contribution is 8.03. The number of esters is 2. The number of allylic oxidation sites excluding steroid dienone is 3. The van der Waals surface area contributed by atoms with Gasteiger partial charge in [-0.25, -0.2) is 9.59 Å². The van der Waals surface area contributed by atoms with E-state index in [-0.39, 0.29) is 79.1 Å². The van der Waals surface area contributed by atoms with Crippen LogP contribution in [0.3, 0.4) is 0 Å². The van der Waals surface area contributed by atoms with Crippen molar-refractivity contribution in [1.29, 1.82) is 0 Å². The van der Waals surface area contributed by atoms with Gasteiger partial charge in [0.1, 0.15) is 6.10 Å². The van der Waals surface area contributed by atoms with Gasteiger partial charge >= 0.3 is 11.9 Å². The fourth-order valence-corrected chi connectivity index (χ4v) is 10.1. The molecule has 0 saturated carbocycles.